The van der Waals surface area contributed by atoms with Gasteiger partial charge in [-0.15, -0.1) is 0 Å². The van der Waals surface area contributed by atoms with E-state index in [-0.39, 0.29) is 17.7 Å². The number of allylic oxidation sites excluding steroid dienone is 2. The van der Waals surface area contributed by atoms with Gasteiger partial charge in [-0.2, -0.15) is 0 Å². The highest BCUT2D eigenvalue weighted by molar-refractivity contribution is 6.32. The highest BCUT2D eigenvalue weighted by Gasteiger charge is 2.37. The number of rotatable bonds is 5. The molecular formula is C30H31N3O3. The third-order valence-corrected chi connectivity index (χ3v) is 7.53. The fourth-order valence-electron chi connectivity index (χ4n) is 5.83. The van der Waals surface area contributed by atoms with E-state index < -0.39 is 0 Å². The molecule has 6 nitrogen and oxygen atoms in total. The van der Waals surface area contributed by atoms with Crippen molar-refractivity contribution in [1.29, 1.82) is 0 Å². The van der Waals surface area contributed by atoms with E-state index in [4.69, 9.17) is 9.73 Å². The number of aliphatic imine (C=N–C) groups is 1. The standard InChI is InChI=1S/C30H31N3O3/c1-30(2)13-7-15-33(18-30)16-8-14-31-22-17-24-27(32-21-11-5-6-12-23(21)36-24)26-25(22)28(34)19-9-3-4-10-20(19)29(26)35/h3-6,9-12,17,23,31H,7-8,13-16,18H2,1-2H3. The highest BCUT2D eigenvalue weighted by atomic mass is 16.5. The van der Waals surface area contributed by atoms with Crippen LogP contribution in [0.1, 0.15) is 65.0 Å². The Labute approximate surface area is 211 Å². The first-order chi connectivity index (χ1) is 17.4. The van der Waals surface area contributed by atoms with Crippen LogP contribution in [0.3, 0.4) is 0 Å². The number of benzene rings is 2. The molecule has 1 atom stereocenters. The fraction of sp³-hybridized carbons (Fsp3) is 0.367. The predicted molar refractivity (Wildman–Crippen MR) is 142 cm³/mol. The van der Waals surface area contributed by atoms with Gasteiger partial charge in [0.2, 0.25) is 0 Å². The quantitative estimate of drug-likeness (QED) is 0.498. The van der Waals surface area contributed by atoms with Crippen molar-refractivity contribution in [2.24, 2.45) is 10.4 Å². The van der Waals surface area contributed by atoms with Gasteiger partial charge in [0, 0.05) is 36.0 Å². The number of ketones is 2. The molecule has 2 heterocycles. The van der Waals surface area contributed by atoms with E-state index in [1.165, 1.54) is 12.8 Å². The first kappa shape index (κ1) is 22.9. The summed E-state index contributed by atoms with van der Waals surface area (Å²) >= 11 is 0. The van der Waals surface area contributed by atoms with E-state index in [9.17, 15) is 9.59 Å². The van der Waals surface area contributed by atoms with Crippen molar-refractivity contribution in [3.63, 3.8) is 0 Å². The molecule has 4 aliphatic rings. The molecule has 0 bridgehead atoms. The maximum absolute atomic E-state index is 13.7. The number of carbonyl (C=O) groups excluding carboxylic acids is 2. The molecule has 0 radical (unpaired) electrons. The Balaban J connectivity index is 1.33. The Morgan fingerprint density at radius 3 is 2.67 bits per heavy atom. The number of carbonyl (C=O) groups is 2. The third-order valence-electron chi connectivity index (χ3n) is 7.53. The van der Waals surface area contributed by atoms with Crippen LogP contribution >= 0.6 is 0 Å². The second-order valence-corrected chi connectivity index (χ2v) is 10.9. The van der Waals surface area contributed by atoms with Crippen molar-refractivity contribution in [2.75, 3.05) is 31.5 Å². The van der Waals surface area contributed by atoms with Crippen LogP contribution in [0.25, 0.3) is 0 Å². The van der Waals surface area contributed by atoms with E-state index in [1.54, 1.807) is 24.3 Å². The molecule has 0 saturated carbocycles. The minimum Gasteiger partial charge on any atom is -0.478 e. The molecule has 0 aromatic heterocycles. The van der Waals surface area contributed by atoms with Gasteiger partial charge >= 0.3 is 0 Å². The largest absolute Gasteiger partial charge is 0.478 e. The lowest BCUT2D eigenvalue weighted by atomic mass is 9.81. The summed E-state index contributed by atoms with van der Waals surface area (Å²) in [7, 11) is 0. The van der Waals surface area contributed by atoms with Crippen LogP contribution in [0.15, 0.2) is 59.6 Å². The van der Waals surface area contributed by atoms with Crippen LogP contribution in [0.2, 0.25) is 0 Å². The molecule has 0 spiro atoms. The lowest BCUT2D eigenvalue weighted by Gasteiger charge is -2.38. The number of piperidine rings is 1. The summed E-state index contributed by atoms with van der Waals surface area (Å²) < 4.78 is 6.26. The molecule has 1 saturated heterocycles. The second-order valence-electron chi connectivity index (χ2n) is 10.9. The topological polar surface area (TPSA) is 71.0 Å². The zero-order valence-corrected chi connectivity index (χ0v) is 20.8. The van der Waals surface area contributed by atoms with Gasteiger partial charge in [0.1, 0.15) is 11.4 Å². The number of ether oxygens (including phenoxy) is 1. The molecule has 2 aliphatic carbocycles. The van der Waals surface area contributed by atoms with Crippen molar-refractivity contribution >= 4 is 28.7 Å². The lowest BCUT2D eigenvalue weighted by Crippen LogP contribution is -2.40. The van der Waals surface area contributed by atoms with Gasteiger partial charge in [-0.3, -0.25) is 9.59 Å². The van der Waals surface area contributed by atoms with Crippen molar-refractivity contribution < 1.29 is 14.3 Å². The SMILES string of the molecule is CC1(C)CCCN(CCCNc2cc3c(c4c2C(=O)c2ccccc2C4=O)N=C2C=CC=CC2O3)C1. The molecule has 1 unspecified atom stereocenters. The highest BCUT2D eigenvalue weighted by Crippen LogP contribution is 2.46. The van der Waals surface area contributed by atoms with Gasteiger partial charge in [0.15, 0.2) is 17.7 Å². The molecule has 2 aliphatic heterocycles. The normalized spacial score (nSPS) is 21.6. The number of hydrogen-bond acceptors (Lipinski definition) is 6. The smallest absolute Gasteiger partial charge is 0.196 e. The average molecular weight is 482 g/mol. The summed E-state index contributed by atoms with van der Waals surface area (Å²) in [6.07, 6.45) is 10.8. The average Bonchev–Trinajstić information content (AvgIpc) is 2.87. The fourth-order valence-corrected chi connectivity index (χ4v) is 5.83. The zero-order valence-electron chi connectivity index (χ0n) is 20.8. The van der Waals surface area contributed by atoms with Crippen LogP contribution in [0.5, 0.6) is 5.75 Å². The minimum atomic E-state index is -0.294. The molecule has 1 N–H and O–H groups in total. The van der Waals surface area contributed by atoms with Crippen molar-refractivity contribution in [1.82, 2.24) is 4.90 Å². The van der Waals surface area contributed by atoms with E-state index >= 15 is 0 Å². The molecule has 184 valence electrons. The number of anilines is 1. The predicted octanol–water partition coefficient (Wildman–Crippen LogP) is 5.35. The van der Waals surface area contributed by atoms with Gasteiger partial charge in [-0.25, -0.2) is 4.99 Å². The molecule has 0 amide bonds. The third kappa shape index (κ3) is 3.99. The minimum absolute atomic E-state index is 0.148. The van der Waals surface area contributed by atoms with Crippen molar-refractivity contribution in [3.8, 4) is 5.75 Å². The monoisotopic (exact) mass is 481 g/mol. The van der Waals surface area contributed by atoms with Gasteiger partial charge in [0.05, 0.1) is 16.8 Å². The summed E-state index contributed by atoms with van der Waals surface area (Å²) in [5.41, 5.74) is 3.79. The van der Waals surface area contributed by atoms with Crippen molar-refractivity contribution in [2.45, 2.75) is 39.2 Å². The molecule has 2 aromatic carbocycles. The van der Waals surface area contributed by atoms with Crippen LogP contribution < -0.4 is 10.1 Å². The van der Waals surface area contributed by atoms with Crippen LogP contribution in [-0.4, -0.2) is 54.5 Å². The number of hydrogen-bond donors (Lipinski definition) is 1. The van der Waals surface area contributed by atoms with Crippen LogP contribution in [0.4, 0.5) is 11.4 Å². The summed E-state index contributed by atoms with van der Waals surface area (Å²) in [4.78, 5) is 34.7. The van der Waals surface area contributed by atoms with Crippen LogP contribution in [-0.2, 0) is 0 Å². The van der Waals surface area contributed by atoms with E-state index in [0.29, 0.717) is 51.3 Å². The maximum Gasteiger partial charge on any atom is 0.196 e. The molecule has 6 heteroatoms. The summed E-state index contributed by atoms with van der Waals surface area (Å²) in [6, 6.07) is 8.89. The van der Waals surface area contributed by atoms with E-state index in [0.717, 1.165) is 31.8 Å². The summed E-state index contributed by atoms with van der Waals surface area (Å²) in [6.45, 7) is 8.63. The van der Waals surface area contributed by atoms with Gasteiger partial charge in [0.25, 0.3) is 0 Å². The Kier molecular flexibility index (Phi) is 5.64. The second kappa shape index (κ2) is 8.86. The zero-order chi connectivity index (χ0) is 24.9. The van der Waals surface area contributed by atoms with Gasteiger partial charge in [-0.1, -0.05) is 50.3 Å². The van der Waals surface area contributed by atoms with Gasteiger partial charge in [-0.05, 0) is 49.9 Å². The first-order valence-corrected chi connectivity index (χ1v) is 12.9. The van der Waals surface area contributed by atoms with E-state index in [1.807, 2.05) is 30.4 Å². The Bertz CT molecular complexity index is 1350. The van der Waals surface area contributed by atoms with Crippen LogP contribution in [0, 0.1) is 5.41 Å². The lowest BCUT2D eigenvalue weighted by molar-refractivity contribution is 0.0979. The number of fused-ring (bicyclic) bond motifs is 5. The summed E-state index contributed by atoms with van der Waals surface area (Å²) in [5.74, 6) is 0.199. The molecule has 36 heavy (non-hydrogen) atoms. The number of nitrogens with one attached hydrogen (secondary N) is 1. The molecule has 1 fully saturated rings. The maximum atomic E-state index is 13.7. The van der Waals surface area contributed by atoms with Crippen molar-refractivity contribution in [3.05, 3.63) is 76.9 Å². The van der Waals surface area contributed by atoms with E-state index in [2.05, 4.69) is 24.1 Å². The number of nitrogens with zero attached hydrogens (tertiary/aromatic N) is 2. The molecular weight excluding hydrogens is 450 g/mol. The Morgan fingerprint density at radius 1 is 1.11 bits per heavy atom. The Hall–Kier alpha value is -3.51. The first-order valence-electron chi connectivity index (χ1n) is 12.9. The van der Waals surface area contributed by atoms with Gasteiger partial charge < -0.3 is 15.0 Å². The number of likely N-dealkylation sites (tertiary alicyclic amines) is 1. The summed E-state index contributed by atoms with van der Waals surface area (Å²) in [5, 5.41) is 3.48. The molecule has 6 rings (SSSR count). The molecule has 2 aromatic rings. The Morgan fingerprint density at radius 2 is 1.89 bits per heavy atom.